The highest BCUT2D eigenvalue weighted by Crippen LogP contribution is 2.29. The van der Waals surface area contributed by atoms with Crippen LogP contribution in [0.1, 0.15) is 11.1 Å². The van der Waals surface area contributed by atoms with Gasteiger partial charge in [-0.3, -0.25) is 0 Å². The number of methoxy groups -OCH3 is 1. The number of rotatable bonds is 2. The van der Waals surface area contributed by atoms with Crippen LogP contribution in [0.25, 0.3) is 0 Å². The molecular formula is C9H12BrNO. The molecule has 0 aliphatic heterocycles. The summed E-state index contributed by atoms with van der Waals surface area (Å²) in [5, 5.41) is 0. The third kappa shape index (κ3) is 1.79. The van der Waals surface area contributed by atoms with Gasteiger partial charge in [-0.25, -0.2) is 0 Å². The first-order chi connectivity index (χ1) is 5.69. The van der Waals surface area contributed by atoms with Crippen LogP contribution in [-0.4, -0.2) is 7.11 Å². The fourth-order valence-electron chi connectivity index (χ4n) is 1.08. The quantitative estimate of drug-likeness (QED) is 0.845. The third-order valence-corrected chi connectivity index (χ3v) is 2.75. The Balaban J connectivity index is 3.19. The van der Waals surface area contributed by atoms with Crippen LogP contribution in [0.2, 0.25) is 0 Å². The van der Waals surface area contributed by atoms with E-state index in [1.165, 1.54) is 0 Å². The molecule has 2 N–H and O–H groups in total. The Bertz CT molecular complexity index is 286. The highest BCUT2D eigenvalue weighted by molar-refractivity contribution is 9.10. The summed E-state index contributed by atoms with van der Waals surface area (Å²) in [4.78, 5) is 0. The van der Waals surface area contributed by atoms with Crippen molar-refractivity contribution in [3.05, 3.63) is 27.7 Å². The molecule has 0 heterocycles. The zero-order valence-corrected chi connectivity index (χ0v) is 8.81. The molecule has 2 nitrogen and oxygen atoms in total. The summed E-state index contributed by atoms with van der Waals surface area (Å²) in [5.74, 6) is 0.843. The summed E-state index contributed by atoms with van der Waals surface area (Å²) >= 11 is 3.44. The zero-order valence-electron chi connectivity index (χ0n) is 7.23. The van der Waals surface area contributed by atoms with Crippen LogP contribution in [-0.2, 0) is 6.54 Å². The largest absolute Gasteiger partial charge is 0.496 e. The molecule has 12 heavy (non-hydrogen) atoms. The van der Waals surface area contributed by atoms with Gasteiger partial charge < -0.3 is 10.5 Å². The van der Waals surface area contributed by atoms with E-state index in [1.54, 1.807) is 7.11 Å². The van der Waals surface area contributed by atoms with Crippen molar-refractivity contribution in [1.82, 2.24) is 0 Å². The molecule has 0 saturated heterocycles. The Kier molecular flexibility index (Phi) is 3.12. The van der Waals surface area contributed by atoms with Crippen LogP contribution in [0.3, 0.4) is 0 Å². The van der Waals surface area contributed by atoms with Gasteiger partial charge in [0.15, 0.2) is 0 Å². The molecule has 0 radical (unpaired) electrons. The molecule has 1 aromatic rings. The molecular weight excluding hydrogens is 218 g/mol. The fourth-order valence-corrected chi connectivity index (χ4v) is 1.47. The van der Waals surface area contributed by atoms with Gasteiger partial charge in [0.25, 0.3) is 0 Å². The van der Waals surface area contributed by atoms with Crippen molar-refractivity contribution in [1.29, 1.82) is 0 Å². The lowest BCUT2D eigenvalue weighted by atomic mass is 10.1. The summed E-state index contributed by atoms with van der Waals surface area (Å²) < 4.78 is 6.17. The molecule has 0 aliphatic rings. The summed E-state index contributed by atoms with van der Waals surface area (Å²) in [6, 6.07) is 3.99. The van der Waals surface area contributed by atoms with Crippen molar-refractivity contribution in [3.63, 3.8) is 0 Å². The van der Waals surface area contributed by atoms with Crippen molar-refractivity contribution in [2.75, 3.05) is 7.11 Å². The third-order valence-electron chi connectivity index (χ3n) is 1.74. The molecule has 1 rings (SSSR count). The first-order valence-electron chi connectivity index (χ1n) is 3.72. The number of halogens is 1. The number of benzene rings is 1. The van der Waals surface area contributed by atoms with Gasteiger partial charge in [0, 0.05) is 6.54 Å². The van der Waals surface area contributed by atoms with Gasteiger partial charge in [-0.1, -0.05) is 6.07 Å². The minimum absolute atomic E-state index is 0.546. The van der Waals surface area contributed by atoms with Crippen molar-refractivity contribution < 1.29 is 4.74 Å². The average Bonchev–Trinajstić information content (AvgIpc) is 2.09. The Morgan fingerprint density at radius 2 is 2.17 bits per heavy atom. The normalized spacial score (nSPS) is 10.0. The minimum atomic E-state index is 0.546. The second-order valence-corrected chi connectivity index (χ2v) is 3.43. The molecule has 1 aromatic carbocycles. The molecule has 0 aromatic heterocycles. The number of nitrogens with two attached hydrogens (primary N) is 1. The predicted octanol–water partition coefficient (Wildman–Crippen LogP) is 2.22. The molecule has 0 unspecified atom stereocenters. The molecule has 0 fully saturated rings. The Labute approximate surface area is 80.8 Å². The number of hydrogen-bond acceptors (Lipinski definition) is 2. The van der Waals surface area contributed by atoms with Gasteiger partial charge in [0.05, 0.1) is 11.6 Å². The summed E-state index contributed by atoms with van der Waals surface area (Å²) in [6.45, 7) is 2.57. The summed E-state index contributed by atoms with van der Waals surface area (Å²) in [6.07, 6.45) is 0. The van der Waals surface area contributed by atoms with Crippen molar-refractivity contribution in [2.24, 2.45) is 5.73 Å². The average molecular weight is 230 g/mol. The van der Waals surface area contributed by atoms with E-state index >= 15 is 0 Å². The monoisotopic (exact) mass is 229 g/mol. The fraction of sp³-hybridized carbons (Fsp3) is 0.333. The Morgan fingerprint density at radius 1 is 1.50 bits per heavy atom. The SMILES string of the molecule is COc1cc(CN)cc(C)c1Br. The molecule has 3 heteroatoms. The van der Waals surface area contributed by atoms with Crippen molar-refractivity contribution in [3.8, 4) is 5.75 Å². The Morgan fingerprint density at radius 3 is 2.67 bits per heavy atom. The van der Waals surface area contributed by atoms with E-state index in [9.17, 15) is 0 Å². The van der Waals surface area contributed by atoms with E-state index in [1.807, 2.05) is 19.1 Å². The molecule has 0 aliphatic carbocycles. The second kappa shape index (κ2) is 3.92. The molecule has 0 spiro atoms. The molecule has 66 valence electrons. The lowest BCUT2D eigenvalue weighted by Crippen LogP contribution is -1.98. The highest BCUT2D eigenvalue weighted by atomic mass is 79.9. The van der Waals surface area contributed by atoms with E-state index in [0.717, 1.165) is 21.3 Å². The van der Waals surface area contributed by atoms with E-state index in [4.69, 9.17) is 10.5 Å². The van der Waals surface area contributed by atoms with Crippen LogP contribution in [0, 0.1) is 6.92 Å². The van der Waals surface area contributed by atoms with Crippen LogP contribution < -0.4 is 10.5 Å². The first kappa shape index (κ1) is 9.55. The van der Waals surface area contributed by atoms with E-state index in [0.29, 0.717) is 6.54 Å². The smallest absolute Gasteiger partial charge is 0.133 e. The van der Waals surface area contributed by atoms with Gasteiger partial charge in [-0.15, -0.1) is 0 Å². The van der Waals surface area contributed by atoms with Crippen molar-refractivity contribution >= 4 is 15.9 Å². The predicted molar refractivity (Wildman–Crippen MR) is 53.3 cm³/mol. The minimum Gasteiger partial charge on any atom is -0.496 e. The van der Waals surface area contributed by atoms with Gasteiger partial charge in [-0.05, 0) is 40.0 Å². The number of ether oxygens (including phenoxy) is 1. The number of aryl methyl sites for hydroxylation is 1. The van der Waals surface area contributed by atoms with Crippen LogP contribution in [0.5, 0.6) is 5.75 Å². The van der Waals surface area contributed by atoms with Gasteiger partial charge >= 0.3 is 0 Å². The molecule has 0 bridgehead atoms. The second-order valence-electron chi connectivity index (χ2n) is 2.63. The van der Waals surface area contributed by atoms with E-state index in [2.05, 4.69) is 15.9 Å². The van der Waals surface area contributed by atoms with Crippen LogP contribution in [0.15, 0.2) is 16.6 Å². The molecule has 0 amide bonds. The first-order valence-corrected chi connectivity index (χ1v) is 4.51. The Hall–Kier alpha value is -0.540. The summed E-state index contributed by atoms with van der Waals surface area (Å²) in [5.41, 5.74) is 7.76. The van der Waals surface area contributed by atoms with Crippen LogP contribution in [0.4, 0.5) is 0 Å². The van der Waals surface area contributed by atoms with Gasteiger partial charge in [0.2, 0.25) is 0 Å². The molecule has 0 atom stereocenters. The highest BCUT2D eigenvalue weighted by Gasteiger charge is 2.04. The maximum atomic E-state index is 5.52. The zero-order chi connectivity index (χ0) is 9.14. The lowest BCUT2D eigenvalue weighted by molar-refractivity contribution is 0.411. The maximum absolute atomic E-state index is 5.52. The topological polar surface area (TPSA) is 35.2 Å². The molecule has 0 saturated carbocycles. The standard InChI is InChI=1S/C9H12BrNO/c1-6-3-7(5-11)4-8(12-2)9(6)10/h3-4H,5,11H2,1-2H3. The maximum Gasteiger partial charge on any atom is 0.133 e. The van der Waals surface area contributed by atoms with Gasteiger partial charge in [-0.2, -0.15) is 0 Å². The lowest BCUT2D eigenvalue weighted by Gasteiger charge is -2.08. The number of hydrogen-bond donors (Lipinski definition) is 1. The van der Waals surface area contributed by atoms with E-state index in [-0.39, 0.29) is 0 Å². The van der Waals surface area contributed by atoms with E-state index < -0.39 is 0 Å². The van der Waals surface area contributed by atoms with Crippen molar-refractivity contribution in [2.45, 2.75) is 13.5 Å². The summed E-state index contributed by atoms with van der Waals surface area (Å²) in [7, 11) is 1.65. The van der Waals surface area contributed by atoms with Gasteiger partial charge in [0.1, 0.15) is 5.75 Å². The van der Waals surface area contributed by atoms with Crippen LogP contribution >= 0.6 is 15.9 Å².